The van der Waals surface area contributed by atoms with E-state index in [1.807, 2.05) is 0 Å². The number of hydrogen-bond donors (Lipinski definition) is 1. The lowest BCUT2D eigenvalue weighted by atomic mass is 9.93. The van der Waals surface area contributed by atoms with Crippen LogP contribution in [0, 0.1) is 11.3 Å². The van der Waals surface area contributed by atoms with Gasteiger partial charge in [-0.1, -0.05) is 163 Å². The van der Waals surface area contributed by atoms with Crippen molar-refractivity contribution in [1.82, 2.24) is 10.2 Å². The quantitative estimate of drug-likeness (QED) is 0.0488. The maximum Gasteiger partial charge on any atom is 0.306 e. The fraction of sp³-hybridized carbons (Fsp3) is 0.940. The Hall–Kier alpha value is -1.63. The van der Waals surface area contributed by atoms with Crippen LogP contribution >= 0.6 is 0 Å². The number of amides is 1. The first-order valence-corrected chi connectivity index (χ1v) is 25.1. The molecule has 0 aromatic carbocycles. The Morgan fingerprint density at radius 3 is 1.51 bits per heavy atom. The van der Waals surface area contributed by atoms with Crippen LogP contribution in [0.4, 0.5) is 0 Å². The van der Waals surface area contributed by atoms with Crippen LogP contribution in [0.3, 0.4) is 0 Å². The van der Waals surface area contributed by atoms with E-state index in [0.717, 1.165) is 103 Å². The van der Waals surface area contributed by atoms with Crippen LogP contribution in [-0.2, 0) is 23.9 Å². The SMILES string of the molecule is CCCCCCCC(CCCCCCC)OC(=O)CCCCCCCN(CCCCCCCC(=O)OCCC(CCCC)CCCC)CCCNC(=O)C1(C)CC1. The van der Waals surface area contributed by atoms with Gasteiger partial charge in [0.2, 0.25) is 5.91 Å². The van der Waals surface area contributed by atoms with Crippen LogP contribution < -0.4 is 5.32 Å². The fourth-order valence-electron chi connectivity index (χ4n) is 8.03. The summed E-state index contributed by atoms with van der Waals surface area (Å²) >= 11 is 0. The zero-order chi connectivity index (χ0) is 41.7. The molecule has 0 aliphatic heterocycles. The summed E-state index contributed by atoms with van der Waals surface area (Å²) in [4.78, 5) is 40.1. The van der Waals surface area contributed by atoms with Crippen molar-refractivity contribution in [1.29, 1.82) is 0 Å². The molecule has 0 saturated heterocycles. The third-order valence-electron chi connectivity index (χ3n) is 12.5. The van der Waals surface area contributed by atoms with Gasteiger partial charge in [-0.05, 0) is 103 Å². The van der Waals surface area contributed by atoms with Crippen LogP contribution in [0.15, 0.2) is 0 Å². The zero-order valence-corrected chi connectivity index (χ0v) is 38.7. The largest absolute Gasteiger partial charge is 0.466 e. The average molecular weight is 805 g/mol. The second-order valence-electron chi connectivity index (χ2n) is 18.2. The first kappa shape index (κ1) is 53.4. The van der Waals surface area contributed by atoms with Crippen LogP contribution in [0.2, 0.25) is 0 Å². The summed E-state index contributed by atoms with van der Waals surface area (Å²) in [7, 11) is 0. The highest BCUT2D eigenvalue weighted by Crippen LogP contribution is 2.44. The summed E-state index contributed by atoms with van der Waals surface area (Å²) in [5.74, 6) is 0.923. The number of carbonyl (C=O) groups is 3. The summed E-state index contributed by atoms with van der Waals surface area (Å²) in [5, 5.41) is 3.18. The molecule has 0 aromatic heterocycles. The molecule has 0 unspecified atom stereocenters. The molecule has 0 spiro atoms. The van der Waals surface area contributed by atoms with Crippen molar-refractivity contribution in [3.05, 3.63) is 0 Å². The van der Waals surface area contributed by atoms with Gasteiger partial charge in [-0.25, -0.2) is 0 Å². The summed E-state index contributed by atoms with van der Waals surface area (Å²) in [6, 6.07) is 0. The Morgan fingerprint density at radius 1 is 0.526 bits per heavy atom. The van der Waals surface area contributed by atoms with Gasteiger partial charge in [-0.3, -0.25) is 14.4 Å². The average Bonchev–Trinajstić information content (AvgIpc) is 3.96. The van der Waals surface area contributed by atoms with Gasteiger partial charge in [0, 0.05) is 24.8 Å². The zero-order valence-electron chi connectivity index (χ0n) is 38.7. The molecule has 0 bridgehead atoms. The van der Waals surface area contributed by atoms with Crippen molar-refractivity contribution in [2.45, 2.75) is 259 Å². The van der Waals surface area contributed by atoms with Crippen LogP contribution in [0.5, 0.6) is 0 Å². The Kier molecular flexibility index (Phi) is 35.0. The second-order valence-corrected chi connectivity index (χ2v) is 18.2. The molecule has 0 radical (unpaired) electrons. The first-order valence-electron chi connectivity index (χ1n) is 25.1. The van der Waals surface area contributed by atoms with Crippen molar-refractivity contribution >= 4 is 17.8 Å². The molecule has 1 aliphatic rings. The number of esters is 2. The number of hydrogen-bond acceptors (Lipinski definition) is 6. The van der Waals surface area contributed by atoms with Crippen LogP contribution in [-0.4, -0.2) is 61.6 Å². The highest BCUT2D eigenvalue weighted by Gasteiger charge is 2.44. The lowest BCUT2D eigenvalue weighted by Crippen LogP contribution is -2.34. The van der Waals surface area contributed by atoms with Gasteiger partial charge in [-0.2, -0.15) is 0 Å². The van der Waals surface area contributed by atoms with Gasteiger partial charge < -0.3 is 19.7 Å². The Balaban J connectivity index is 2.32. The molecule has 57 heavy (non-hydrogen) atoms. The topological polar surface area (TPSA) is 84.9 Å². The maximum absolute atomic E-state index is 12.8. The van der Waals surface area contributed by atoms with E-state index in [1.165, 1.54) is 128 Å². The van der Waals surface area contributed by atoms with E-state index < -0.39 is 0 Å². The molecule has 0 aromatic rings. The number of unbranched alkanes of at least 4 members (excludes halogenated alkanes) is 18. The molecule has 7 nitrogen and oxygen atoms in total. The lowest BCUT2D eigenvalue weighted by molar-refractivity contribution is -0.150. The van der Waals surface area contributed by atoms with Crippen molar-refractivity contribution in [3.63, 3.8) is 0 Å². The molecule has 1 N–H and O–H groups in total. The number of rotatable bonds is 43. The Labute approximate surface area is 354 Å². The highest BCUT2D eigenvalue weighted by molar-refractivity contribution is 5.84. The molecule has 1 rings (SSSR count). The maximum atomic E-state index is 12.8. The predicted octanol–water partition coefficient (Wildman–Crippen LogP) is 13.8. The number of carbonyl (C=O) groups excluding carboxylic acids is 3. The standard InChI is InChI=1S/C50H96N2O5/c1-6-10-14-18-24-33-46(34-25-19-15-11-7-2)57-48(54)36-27-21-17-23-29-42-52(43-30-40-51-49(55)50(5)38-39-50)41-28-22-16-20-26-35-47(53)56-44-37-45(31-12-8-3)32-13-9-4/h45-46H,6-44H2,1-5H3,(H,51,55). The number of nitrogens with zero attached hydrogens (tertiary/aromatic N) is 1. The van der Waals surface area contributed by atoms with Crippen molar-refractivity contribution in [2.24, 2.45) is 11.3 Å². The fourth-order valence-corrected chi connectivity index (χ4v) is 8.03. The summed E-state index contributed by atoms with van der Waals surface area (Å²) in [5.41, 5.74) is -0.109. The third-order valence-corrected chi connectivity index (χ3v) is 12.5. The Morgan fingerprint density at radius 2 is 0.982 bits per heavy atom. The molecule has 0 atom stereocenters. The van der Waals surface area contributed by atoms with Gasteiger partial charge in [-0.15, -0.1) is 0 Å². The first-order chi connectivity index (χ1) is 27.8. The van der Waals surface area contributed by atoms with Gasteiger partial charge in [0.1, 0.15) is 6.10 Å². The van der Waals surface area contributed by atoms with Gasteiger partial charge in [0.25, 0.3) is 0 Å². The Bertz CT molecular complexity index is 931. The normalized spacial score (nSPS) is 13.5. The van der Waals surface area contributed by atoms with Gasteiger partial charge >= 0.3 is 11.9 Å². The van der Waals surface area contributed by atoms with Crippen LogP contribution in [0.25, 0.3) is 0 Å². The minimum Gasteiger partial charge on any atom is -0.466 e. The minimum absolute atomic E-state index is 0.0139. The van der Waals surface area contributed by atoms with Crippen LogP contribution in [0.1, 0.15) is 253 Å². The van der Waals surface area contributed by atoms with E-state index in [9.17, 15) is 14.4 Å². The number of ether oxygens (including phenoxy) is 2. The third kappa shape index (κ3) is 31.9. The summed E-state index contributed by atoms with van der Waals surface area (Å²) in [6.45, 7) is 15.6. The molecule has 7 heteroatoms. The second kappa shape index (κ2) is 37.4. The van der Waals surface area contributed by atoms with E-state index in [2.05, 4.69) is 44.8 Å². The summed E-state index contributed by atoms with van der Waals surface area (Å²) < 4.78 is 11.7. The monoisotopic (exact) mass is 805 g/mol. The van der Waals surface area contributed by atoms with Gasteiger partial charge in [0.15, 0.2) is 0 Å². The molecule has 336 valence electrons. The predicted molar refractivity (Wildman–Crippen MR) is 242 cm³/mol. The molecule has 0 heterocycles. The highest BCUT2D eigenvalue weighted by atomic mass is 16.5. The van der Waals surface area contributed by atoms with E-state index in [1.54, 1.807) is 0 Å². The van der Waals surface area contributed by atoms with Crippen molar-refractivity contribution in [3.8, 4) is 0 Å². The molecular formula is C50H96N2O5. The summed E-state index contributed by atoms with van der Waals surface area (Å²) in [6.07, 6.45) is 38.5. The molecule has 1 amide bonds. The van der Waals surface area contributed by atoms with E-state index in [-0.39, 0.29) is 29.4 Å². The van der Waals surface area contributed by atoms with E-state index in [4.69, 9.17) is 9.47 Å². The van der Waals surface area contributed by atoms with E-state index in [0.29, 0.717) is 25.4 Å². The molecule has 1 saturated carbocycles. The molecule has 1 fully saturated rings. The minimum atomic E-state index is -0.109. The lowest BCUT2D eigenvalue weighted by Gasteiger charge is -2.23. The number of nitrogens with one attached hydrogen (secondary N) is 1. The molecule has 1 aliphatic carbocycles. The molecular weight excluding hydrogens is 709 g/mol. The van der Waals surface area contributed by atoms with Crippen molar-refractivity contribution in [2.75, 3.05) is 32.8 Å². The van der Waals surface area contributed by atoms with Crippen molar-refractivity contribution < 1.29 is 23.9 Å². The van der Waals surface area contributed by atoms with E-state index >= 15 is 0 Å². The smallest absolute Gasteiger partial charge is 0.306 e. The van der Waals surface area contributed by atoms with Gasteiger partial charge in [0.05, 0.1) is 6.61 Å².